The van der Waals surface area contributed by atoms with Crippen LogP contribution in [0.2, 0.25) is 0 Å². The molecule has 48 heavy (non-hydrogen) atoms. The third kappa shape index (κ3) is 6.79. The van der Waals surface area contributed by atoms with Gasteiger partial charge in [-0.3, -0.25) is 14.3 Å². The second kappa shape index (κ2) is 13.3. The lowest BCUT2D eigenvalue weighted by Gasteiger charge is -2.42. The van der Waals surface area contributed by atoms with E-state index in [9.17, 15) is 23.9 Å². The summed E-state index contributed by atoms with van der Waals surface area (Å²) in [5, 5.41) is 13.5. The molecule has 1 saturated carbocycles. The molecule has 6 rings (SSSR count). The van der Waals surface area contributed by atoms with E-state index >= 15 is 0 Å². The van der Waals surface area contributed by atoms with E-state index in [4.69, 9.17) is 0 Å². The largest absolute Gasteiger partial charge is 0.465 e. The number of hydrogen-bond acceptors (Lipinski definition) is 6. The van der Waals surface area contributed by atoms with Gasteiger partial charge in [-0.1, -0.05) is 36.4 Å². The summed E-state index contributed by atoms with van der Waals surface area (Å²) in [7, 11) is 0. The number of hydrogen-bond donors (Lipinski definition) is 2. The first-order chi connectivity index (χ1) is 22.8. The summed E-state index contributed by atoms with van der Waals surface area (Å²) in [5.74, 6) is -0.666. The number of nitrogens with zero attached hydrogens (tertiary/aromatic N) is 5. The predicted octanol–water partition coefficient (Wildman–Crippen LogP) is 5.80. The Labute approximate surface area is 279 Å². The monoisotopic (exact) mass is 656 g/mol. The second-order valence-corrected chi connectivity index (χ2v) is 14.5. The lowest BCUT2D eigenvalue weighted by atomic mass is 9.88. The van der Waals surface area contributed by atoms with Crippen LogP contribution in [0.4, 0.5) is 9.18 Å². The molecule has 11 heteroatoms. The number of benzene rings is 2. The van der Waals surface area contributed by atoms with Gasteiger partial charge in [0.25, 0.3) is 5.56 Å². The molecule has 0 bridgehead atoms. The molecule has 2 fully saturated rings. The fraction of sp³-hybridized carbons (Fsp3) is 0.459. The molecule has 0 spiro atoms. The lowest BCUT2D eigenvalue weighted by molar-refractivity contribution is 0.0506. The van der Waals surface area contributed by atoms with E-state index in [2.05, 4.69) is 53.3 Å². The maximum atomic E-state index is 14.5. The van der Waals surface area contributed by atoms with Crippen molar-refractivity contribution in [1.82, 2.24) is 29.2 Å². The molecule has 0 radical (unpaired) electrons. The van der Waals surface area contributed by atoms with Gasteiger partial charge in [-0.2, -0.15) is 0 Å². The molecule has 3 heterocycles. The van der Waals surface area contributed by atoms with E-state index in [1.165, 1.54) is 19.6 Å². The summed E-state index contributed by atoms with van der Waals surface area (Å²) in [4.78, 5) is 48.3. The van der Waals surface area contributed by atoms with Crippen molar-refractivity contribution in [2.75, 3.05) is 13.1 Å². The summed E-state index contributed by atoms with van der Waals surface area (Å²) in [6.45, 7) is 12.9. The highest BCUT2D eigenvalue weighted by Crippen LogP contribution is 2.33. The topological polar surface area (TPSA) is 113 Å². The molecule has 254 valence electrons. The number of amides is 1. The van der Waals surface area contributed by atoms with Crippen molar-refractivity contribution in [3.63, 3.8) is 0 Å². The Balaban J connectivity index is 1.33. The number of rotatable bonds is 6. The van der Waals surface area contributed by atoms with Gasteiger partial charge in [0.2, 0.25) is 0 Å². The number of aromatic nitrogens is 3. The predicted molar refractivity (Wildman–Crippen MR) is 185 cm³/mol. The molecule has 2 N–H and O–H groups in total. The van der Waals surface area contributed by atoms with Crippen LogP contribution in [-0.4, -0.2) is 71.9 Å². The van der Waals surface area contributed by atoms with Gasteiger partial charge in [-0.05, 0) is 95.2 Å². The van der Waals surface area contributed by atoms with Crippen LogP contribution in [0.1, 0.15) is 71.9 Å². The number of carboxylic acid groups (broad SMARTS) is 1. The highest BCUT2D eigenvalue weighted by atomic mass is 19.1. The maximum absolute atomic E-state index is 14.5. The van der Waals surface area contributed by atoms with Gasteiger partial charge in [0.15, 0.2) is 5.65 Å². The zero-order chi connectivity index (χ0) is 34.3. The zero-order valence-electron chi connectivity index (χ0n) is 28.3. The minimum atomic E-state index is -0.990. The van der Waals surface area contributed by atoms with Crippen molar-refractivity contribution < 1.29 is 14.3 Å². The SMILES string of the molecule is C[C@@H]1CN(Cc2ccc(-c3cccc(-n4c(=O)n([C@H]5CC[C@@H](N(C(=O)O)C(C)(C)C)CC5)c(=O)c5cc(F)cnc54)c3)cc2)C[C@H](C)N1. The van der Waals surface area contributed by atoms with E-state index in [1.54, 1.807) is 6.07 Å². The molecule has 1 amide bonds. The zero-order valence-corrected chi connectivity index (χ0v) is 28.3. The van der Waals surface area contributed by atoms with Crippen LogP contribution in [0.25, 0.3) is 27.8 Å². The minimum Gasteiger partial charge on any atom is -0.465 e. The molecule has 1 aliphatic heterocycles. The molecule has 1 saturated heterocycles. The summed E-state index contributed by atoms with van der Waals surface area (Å²) >= 11 is 0. The summed E-state index contributed by atoms with van der Waals surface area (Å²) in [5.41, 5.74) is 1.97. The van der Waals surface area contributed by atoms with Gasteiger partial charge >= 0.3 is 11.8 Å². The molecule has 2 aliphatic rings. The summed E-state index contributed by atoms with van der Waals surface area (Å²) < 4.78 is 17.1. The van der Waals surface area contributed by atoms with E-state index in [1.807, 2.05) is 39.0 Å². The number of halogens is 1. The highest BCUT2D eigenvalue weighted by molar-refractivity contribution is 5.76. The van der Waals surface area contributed by atoms with Crippen molar-refractivity contribution in [2.24, 2.45) is 0 Å². The standard InChI is InChI=1S/C37H45FN6O4/c1-23-20-41(21-24(2)40-23)22-25-9-11-26(12-10-25)27-7-6-8-31(17-27)42-33-32(18-28(38)19-39-33)34(45)43(35(42)46)29-13-15-30(16-14-29)44(36(47)48)37(3,4)5/h6-12,17-19,23-24,29-30,40H,13-16,20-22H2,1-5H3,(H,47,48)/t23-,24+,29-,30+. The van der Waals surface area contributed by atoms with Crippen LogP contribution < -0.4 is 16.6 Å². The van der Waals surface area contributed by atoms with Crippen LogP contribution in [0.15, 0.2) is 70.4 Å². The Morgan fingerprint density at radius 3 is 2.27 bits per heavy atom. The number of piperazine rings is 1. The highest BCUT2D eigenvalue weighted by Gasteiger charge is 2.37. The van der Waals surface area contributed by atoms with Gasteiger partial charge in [-0.25, -0.2) is 23.5 Å². The Morgan fingerprint density at radius 2 is 1.65 bits per heavy atom. The van der Waals surface area contributed by atoms with Gasteiger partial charge in [-0.15, -0.1) is 0 Å². The molecule has 2 aromatic carbocycles. The Morgan fingerprint density at radius 1 is 0.979 bits per heavy atom. The van der Waals surface area contributed by atoms with Crippen LogP contribution in [0.5, 0.6) is 0 Å². The first-order valence-corrected chi connectivity index (χ1v) is 16.8. The lowest BCUT2D eigenvalue weighted by Crippen LogP contribution is -2.53. The Kier molecular flexibility index (Phi) is 9.28. The van der Waals surface area contributed by atoms with Crippen molar-refractivity contribution in [1.29, 1.82) is 0 Å². The average molecular weight is 657 g/mol. The van der Waals surface area contributed by atoms with Crippen LogP contribution >= 0.6 is 0 Å². The molecule has 2 atom stereocenters. The van der Waals surface area contributed by atoms with Crippen LogP contribution in [-0.2, 0) is 6.54 Å². The molecule has 10 nitrogen and oxygen atoms in total. The minimum absolute atomic E-state index is 0.0184. The second-order valence-electron chi connectivity index (χ2n) is 14.5. The number of nitrogens with one attached hydrogen (secondary N) is 1. The van der Waals surface area contributed by atoms with E-state index in [0.717, 1.165) is 43.0 Å². The number of carbonyl (C=O) groups is 1. The Bertz CT molecular complexity index is 1910. The third-order valence-corrected chi connectivity index (χ3v) is 9.65. The van der Waals surface area contributed by atoms with Crippen molar-refractivity contribution in [3.8, 4) is 16.8 Å². The molecular weight excluding hydrogens is 611 g/mol. The van der Waals surface area contributed by atoms with E-state index < -0.39 is 34.7 Å². The van der Waals surface area contributed by atoms with Gasteiger partial charge in [0.05, 0.1) is 17.3 Å². The van der Waals surface area contributed by atoms with Crippen LogP contribution in [0.3, 0.4) is 0 Å². The molecule has 4 aromatic rings. The number of fused-ring (bicyclic) bond motifs is 1. The first-order valence-electron chi connectivity index (χ1n) is 16.8. The molecular formula is C37H45FN6O4. The van der Waals surface area contributed by atoms with E-state index in [0.29, 0.717) is 43.5 Å². The molecule has 0 unspecified atom stereocenters. The maximum Gasteiger partial charge on any atom is 0.407 e. The van der Waals surface area contributed by atoms with Crippen molar-refractivity contribution in [3.05, 3.63) is 93.0 Å². The van der Waals surface area contributed by atoms with Gasteiger partial charge < -0.3 is 15.3 Å². The molecule has 1 aliphatic carbocycles. The Hall–Kier alpha value is -4.35. The van der Waals surface area contributed by atoms with Crippen LogP contribution in [0, 0.1) is 5.82 Å². The average Bonchev–Trinajstić information content (AvgIpc) is 3.01. The van der Waals surface area contributed by atoms with Gasteiger partial charge in [0.1, 0.15) is 5.82 Å². The van der Waals surface area contributed by atoms with E-state index in [-0.39, 0.29) is 17.1 Å². The van der Waals surface area contributed by atoms with Crippen molar-refractivity contribution in [2.45, 2.75) is 96.6 Å². The normalized spacial score (nSPS) is 22.1. The fourth-order valence-corrected chi connectivity index (χ4v) is 7.76. The fourth-order valence-electron chi connectivity index (χ4n) is 7.76. The molecule has 2 aromatic heterocycles. The third-order valence-electron chi connectivity index (χ3n) is 9.65. The van der Waals surface area contributed by atoms with Crippen molar-refractivity contribution >= 4 is 17.1 Å². The first kappa shape index (κ1) is 33.5. The number of pyridine rings is 1. The summed E-state index contributed by atoms with van der Waals surface area (Å²) in [6, 6.07) is 17.3. The smallest absolute Gasteiger partial charge is 0.407 e. The quantitative estimate of drug-likeness (QED) is 0.270. The van der Waals surface area contributed by atoms with Gasteiger partial charge in [0, 0.05) is 49.3 Å². The summed E-state index contributed by atoms with van der Waals surface area (Å²) in [6.07, 6.45) is 1.90.